The van der Waals surface area contributed by atoms with Crippen molar-refractivity contribution in [3.8, 4) is 44.5 Å². The van der Waals surface area contributed by atoms with Crippen LogP contribution in [0.25, 0.3) is 76.8 Å². The van der Waals surface area contributed by atoms with E-state index in [-0.39, 0.29) is 0 Å². The number of hydrogen-bond donors (Lipinski definition) is 0. The van der Waals surface area contributed by atoms with Gasteiger partial charge in [-0.25, -0.2) is 0 Å². The van der Waals surface area contributed by atoms with Gasteiger partial charge >= 0.3 is 0 Å². The molecule has 0 spiro atoms. The molecule has 0 aromatic heterocycles. The molecule has 0 saturated heterocycles. The zero-order chi connectivity index (χ0) is 36.6. The average Bonchev–Trinajstić information content (AvgIpc) is 3.27. The van der Waals surface area contributed by atoms with E-state index >= 15 is 0 Å². The molecule has 1 heteroatoms. The second-order valence-corrected chi connectivity index (χ2v) is 14.1. The SMILES string of the molecule is c1ccc(-c2cccc(-c3ccc(N(c4ccccc4)c4ccc(-c5ccccc5)c(-c5ccc6c(ccc7ccc8ccccc8c76)c5)c4)cc3)c2)cc1. The summed E-state index contributed by atoms with van der Waals surface area (Å²) >= 11 is 0. The van der Waals surface area contributed by atoms with Crippen LogP contribution in [0.5, 0.6) is 0 Å². The molecule has 0 aliphatic heterocycles. The summed E-state index contributed by atoms with van der Waals surface area (Å²) in [7, 11) is 0. The van der Waals surface area contributed by atoms with E-state index in [1.165, 1.54) is 76.8 Å². The molecular formula is C54H37N. The molecule has 0 aliphatic carbocycles. The number of rotatable bonds is 7. The highest BCUT2D eigenvalue weighted by Gasteiger charge is 2.17. The van der Waals surface area contributed by atoms with Crippen LogP contribution in [0.1, 0.15) is 0 Å². The van der Waals surface area contributed by atoms with E-state index in [9.17, 15) is 0 Å². The third-order valence-corrected chi connectivity index (χ3v) is 10.8. The highest BCUT2D eigenvalue weighted by molar-refractivity contribution is 6.20. The molecule has 10 rings (SSSR count). The van der Waals surface area contributed by atoms with E-state index in [0.717, 1.165) is 17.1 Å². The highest BCUT2D eigenvalue weighted by Crippen LogP contribution is 2.42. The molecule has 1 nitrogen and oxygen atoms in total. The number of benzene rings is 10. The lowest BCUT2D eigenvalue weighted by Crippen LogP contribution is -2.10. The molecular weight excluding hydrogens is 663 g/mol. The van der Waals surface area contributed by atoms with Gasteiger partial charge in [0.15, 0.2) is 0 Å². The Balaban J connectivity index is 1.10. The van der Waals surface area contributed by atoms with Crippen molar-refractivity contribution in [1.29, 1.82) is 0 Å². The minimum Gasteiger partial charge on any atom is -0.310 e. The summed E-state index contributed by atoms with van der Waals surface area (Å²) in [5.74, 6) is 0. The Morgan fingerprint density at radius 1 is 0.236 bits per heavy atom. The van der Waals surface area contributed by atoms with Crippen LogP contribution in [0.15, 0.2) is 224 Å². The van der Waals surface area contributed by atoms with Crippen molar-refractivity contribution in [2.75, 3.05) is 4.90 Å². The second-order valence-electron chi connectivity index (χ2n) is 14.1. The molecule has 0 unspecified atom stereocenters. The molecule has 258 valence electrons. The van der Waals surface area contributed by atoms with Crippen molar-refractivity contribution in [2.24, 2.45) is 0 Å². The van der Waals surface area contributed by atoms with Crippen LogP contribution in [-0.2, 0) is 0 Å². The van der Waals surface area contributed by atoms with Crippen LogP contribution in [0, 0.1) is 0 Å². The lowest BCUT2D eigenvalue weighted by atomic mass is 9.90. The number of nitrogens with zero attached hydrogens (tertiary/aromatic N) is 1. The molecule has 0 radical (unpaired) electrons. The average molecular weight is 700 g/mol. The minimum absolute atomic E-state index is 1.10. The van der Waals surface area contributed by atoms with Crippen LogP contribution < -0.4 is 4.90 Å². The molecule has 0 N–H and O–H groups in total. The molecule has 0 heterocycles. The molecule has 0 amide bonds. The molecule has 0 aliphatic rings. The van der Waals surface area contributed by atoms with E-state index < -0.39 is 0 Å². The van der Waals surface area contributed by atoms with Crippen LogP contribution in [-0.4, -0.2) is 0 Å². The Bertz CT molecular complexity index is 2950. The topological polar surface area (TPSA) is 3.24 Å². The van der Waals surface area contributed by atoms with Gasteiger partial charge in [0, 0.05) is 17.1 Å². The van der Waals surface area contributed by atoms with Gasteiger partial charge in [0.1, 0.15) is 0 Å². The third kappa shape index (κ3) is 6.12. The first kappa shape index (κ1) is 32.4. The van der Waals surface area contributed by atoms with Crippen LogP contribution in [0.2, 0.25) is 0 Å². The zero-order valence-corrected chi connectivity index (χ0v) is 30.3. The van der Waals surface area contributed by atoms with Crippen molar-refractivity contribution in [3.63, 3.8) is 0 Å². The van der Waals surface area contributed by atoms with Crippen molar-refractivity contribution in [3.05, 3.63) is 224 Å². The fourth-order valence-corrected chi connectivity index (χ4v) is 8.12. The quantitative estimate of drug-likeness (QED) is 0.150. The van der Waals surface area contributed by atoms with Gasteiger partial charge in [-0.15, -0.1) is 0 Å². The predicted molar refractivity (Wildman–Crippen MR) is 235 cm³/mol. The Hall–Kier alpha value is -7.22. The first-order valence-electron chi connectivity index (χ1n) is 18.9. The fraction of sp³-hybridized carbons (Fsp3) is 0. The van der Waals surface area contributed by atoms with Gasteiger partial charge < -0.3 is 4.90 Å². The monoisotopic (exact) mass is 699 g/mol. The number of anilines is 3. The number of hydrogen-bond acceptors (Lipinski definition) is 1. The summed E-state index contributed by atoms with van der Waals surface area (Å²) < 4.78 is 0. The lowest BCUT2D eigenvalue weighted by Gasteiger charge is -2.27. The molecule has 0 saturated carbocycles. The Morgan fingerprint density at radius 3 is 1.51 bits per heavy atom. The first-order valence-corrected chi connectivity index (χ1v) is 18.9. The van der Waals surface area contributed by atoms with E-state index in [4.69, 9.17) is 0 Å². The van der Waals surface area contributed by atoms with Gasteiger partial charge in [0.2, 0.25) is 0 Å². The third-order valence-electron chi connectivity index (χ3n) is 10.8. The largest absolute Gasteiger partial charge is 0.310 e. The summed E-state index contributed by atoms with van der Waals surface area (Å²) in [5.41, 5.74) is 12.9. The Kier molecular flexibility index (Phi) is 8.24. The molecule has 0 atom stereocenters. The van der Waals surface area contributed by atoms with Crippen molar-refractivity contribution in [2.45, 2.75) is 0 Å². The van der Waals surface area contributed by atoms with Crippen molar-refractivity contribution in [1.82, 2.24) is 0 Å². The summed E-state index contributed by atoms with van der Waals surface area (Å²) in [6.45, 7) is 0. The standard InChI is InChI=1S/C54H37N/c1-4-13-38(14-5-1)43-18-12-19-44(35-43)39-27-30-48(31-28-39)55(47-20-8-3-9-21-47)49-32-34-50(40-15-6-2-7-16-40)53(37-49)46-29-33-52-45(36-46)26-25-42-24-23-41-17-10-11-22-51(41)54(42)52/h1-37H. The van der Waals surface area contributed by atoms with Gasteiger partial charge in [-0.2, -0.15) is 0 Å². The lowest BCUT2D eigenvalue weighted by molar-refractivity contribution is 1.28. The first-order chi connectivity index (χ1) is 27.3. The van der Waals surface area contributed by atoms with E-state index in [1.807, 2.05) is 0 Å². The number of para-hydroxylation sites is 1. The molecule has 0 fully saturated rings. The second kappa shape index (κ2) is 14.0. The zero-order valence-electron chi connectivity index (χ0n) is 30.3. The van der Waals surface area contributed by atoms with Gasteiger partial charge in [-0.1, -0.05) is 176 Å². The van der Waals surface area contributed by atoms with Crippen LogP contribution in [0.3, 0.4) is 0 Å². The summed E-state index contributed by atoms with van der Waals surface area (Å²) in [4.78, 5) is 2.36. The van der Waals surface area contributed by atoms with E-state index in [1.54, 1.807) is 0 Å². The van der Waals surface area contributed by atoms with Gasteiger partial charge in [0.05, 0.1) is 0 Å². The summed E-state index contributed by atoms with van der Waals surface area (Å²) in [5, 5.41) is 7.64. The van der Waals surface area contributed by atoms with Gasteiger partial charge in [0.25, 0.3) is 0 Å². The smallest absolute Gasteiger partial charge is 0.0468 e. The molecule has 0 bridgehead atoms. The van der Waals surface area contributed by atoms with E-state index in [0.29, 0.717) is 0 Å². The van der Waals surface area contributed by atoms with Crippen molar-refractivity contribution >= 4 is 49.4 Å². The summed E-state index contributed by atoms with van der Waals surface area (Å²) in [6, 6.07) is 81.4. The maximum atomic E-state index is 2.37. The fourth-order valence-electron chi connectivity index (χ4n) is 8.12. The van der Waals surface area contributed by atoms with Crippen LogP contribution >= 0.6 is 0 Å². The maximum Gasteiger partial charge on any atom is 0.0468 e. The van der Waals surface area contributed by atoms with Gasteiger partial charge in [-0.05, 0) is 125 Å². The Labute approximate surface area is 322 Å². The summed E-state index contributed by atoms with van der Waals surface area (Å²) in [6.07, 6.45) is 0. The normalized spacial score (nSPS) is 11.3. The van der Waals surface area contributed by atoms with Crippen molar-refractivity contribution < 1.29 is 0 Å². The maximum absolute atomic E-state index is 2.37. The molecule has 10 aromatic rings. The van der Waals surface area contributed by atoms with Gasteiger partial charge in [-0.3, -0.25) is 0 Å². The number of fused-ring (bicyclic) bond motifs is 5. The van der Waals surface area contributed by atoms with Crippen LogP contribution in [0.4, 0.5) is 17.1 Å². The minimum atomic E-state index is 1.10. The highest BCUT2D eigenvalue weighted by atomic mass is 15.1. The van der Waals surface area contributed by atoms with E-state index in [2.05, 4.69) is 229 Å². The Morgan fingerprint density at radius 2 is 0.764 bits per heavy atom. The predicted octanol–water partition coefficient (Wildman–Crippen LogP) is 15.3. The molecule has 55 heavy (non-hydrogen) atoms. The molecule has 10 aromatic carbocycles.